The molecule has 0 atom stereocenters. The summed E-state index contributed by atoms with van der Waals surface area (Å²) in [7, 11) is 0. The Hall–Kier alpha value is -0.180. The van der Waals surface area contributed by atoms with Crippen molar-refractivity contribution < 1.29 is 0 Å². The van der Waals surface area contributed by atoms with Gasteiger partial charge in [-0.2, -0.15) is 0 Å². The fourth-order valence-electron chi connectivity index (χ4n) is 2.21. The Labute approximate surface area is 117 Å². The Morgan fingerprint density at radius 1 is 1.28 bits per heavy atom. The highest BCUT2D eigenvalue weighted by molar-refractivity contribution is 8.13. The maximum Gasteiger partial charge on any atom is 0.156 e. The highest BCUT2D eigenvalue weighted by atomic mass is 32.2. The summed E-state index contributed by atoms with van der Waals surface area (Å²) in [5, 5.41) is 4.67. The van der Waals surface area contributed by atoms with Crippen molar-refractivity contribution in [2.75, 3.05) is 18.8 Å². The van der Waals surface area contributed by atoms with Crippen LogP contribution in [0.25, 0.3) is 0 Å². The Bertz CT molecular complexity index is 257. The summed E-state index contributed by atoms with van der Waals surface area (Å²) < 4.78 is 0. The van der Waals surface area contributed by atoms with E-state index in [1.807, 2.05) is 11.8 Å². The van der Waals surface area contributed by atoms with Crippen molar-refractivity contribution in [1.82, 2.24) is 5.32 Å². The van der Waals surface area contributed by atoms with E-state index in [0.717, 1.165) is 19.0 Å². The molecular weight excluding hydrogens is 240 g/mol. The fourth-order valence-corrected chi connectivity index (χ4v) is 3.51. The molecule has 0 amide bonds. The maximum atomic E-state index is 4.73. The Balaban J connectivity index is 2.19. The second-order valence-corrected chi connectivity index (χ2v) is 6.90. The van der Waals surface area contributed by atoms with Gasteiger partial charge in [-0.3, -0.25) is 4.99 Å². The van der Waals surface area contributed by atoms with Gasteiger partial charge in [0.05, 0.1) is 0 Å². The van der Waals surface area contributed by atoms with Crippen molar-refractivity contribution in [2.45, 2.75) is 59.8 Å². The van der Waals surface area contributed by atoms with Crippen molar-refractivity contribution in [1.29, 1.82) is 0 Å². The molecule has 0 aromatic carbocycles. The van der Waals surface area contributed by atoms with Crippen molar-refractivity contribution in [2.24, 2.45) is 16.3 Å². The quantitative estimate of drug-likeness (QED) is 0.697. The maximum absolute atomic E-state index is 4.73. The summed E-state index contributed by atoms with van der Waals surface area (Å²) in [6.07, 6.45) is 6.44. The van der Waals surface area contributed by atoms with E-state index in [1.165, 1.54) is 43.0 Å². The van der Waals surface area contributed by atoms with Crippen LogP contribution in [0.4, 0.5) is 0 Å². The first-order valence-corrected chi connectivity index (χ1v) is 8.51. The van der Waals surface area contributed by atoms with Crippen LogP contribution in [0.1, 0.15) is 59.8 Å². The highest BCUT2D eigenvalue weighted by Gasteiger charge is 2.29. The molecule has 1 rings (SSSR count). The summed E-state index contributed by atoms with van der Waals surface area (Å²) in [5.41, 5.74) is 0.466. The molecule has 2 nitrogen and oxygen atoms in total. The lowest BCUT2D eigenvalue weighted by Crippen LogP contribution is -2.34. The van der Waals surface area contributed by atoms with E-state index in [0.29, 0.717) is 5.41 Å². The Morgan fingerprint density at radius 2 is 2.00 bits per heavy atom. The van der Waals surface area contributed by atoms with Gasteiger partial charge in [-0.1, -0.05) is 52.3 Å². The lowest BCUT2D eigenvalue weighted by atomic mass is 9.84. The zero-order valence-electron chi connectivity index (χ0n) is 12.6. The second-order valence-electron chi connectivity index (χ2n) is 5.93. The number of hydrogen-bond donors (Lipinski definition) is 1. The lowest BCUT2D eigenvalue weighted by Gasteiger charge is -2.33. The van der Waals surface area contributed by atoms with Crippen LogP contribution in [-0.4, -0.2) is 24.0 Å². The van der Waals surface area contributed by atoms with Crippen LogP contribution in [0.2, 0.25) is 0 Å². The first-order chi connectivity index (χ1) is 8.62. The normalized spacial score (nSPS) is 18.8. The van der Waals surface area contributed by atoms with Crippen LogP contribution in [0.15, 0.2) is 4.99 Å². The van der Waals surface area contributed by atoms with Gasteiger partial charge in [0.1, 0.15) is 0 Å². The first-order valence-electron chi connectivity index (χ1n) is 7.53. The van der Waals surface area contributed by atoms with Crippen LogP contribution in [-0.2, 0) is 0 Å². The van der Waals surface area contributed by atoms with Gasteiger partial charge in [-0.25, -0.2) is 0 Å². The molecule has 0 aromatic rings. The molecule has 0 saturated heterocycles. The molecule has 0 spiro atoms. The van der Waals surface area contributed by atoms with Crippen molar-refractivity contribution in [3.05, 3.63) is 0 Å². The molecule has 18 heavy (non-hydrogen) atoms. The van der Waals surface area contributed by atoms with Crippen LogP contribution >= 0.6 is 11.8 Å². The zero-order valence-corrected chi connectivity index (χ0v) is 13.4. The minimum absolute atomic E-state index is 0.466. The number of thioether (sulfide) groups is 1. The molecular formula is C15H30N2S. The molecule has 0 saturated carbocycles. The largest absolute Gasteiger partial charge is 0.365 e. The van der Waals surface area contributed by atoms with Crippen molar-refractivity contribution in [3.63, 3.8) is 0 Å². The predicted octanol–water partition coefficient (Wildman–Crippen LogP) is 4.31. The SMILES string of the molecule is CCC1(CC)CN=C(NCCCCC(C)C)SC1. The van der Waals surface area contributed by atoms with E-state index < -0.39 is 0 Å². The number of unbranched alkanes of at least 4 members (excludes halogenated alkanes) is 1. The van der Waals surface area contributed by atoms with Gasteiger partial charge < -0.3 is 5.32 Å². The number of nitrogens with zero attached hydrogens (tertiary/aromatic N) is 1. The van der Waals surface area contributed by atoms with Gasteiger partial charge >= 0.3 is 0 Å². The van der Waals surface area contributed by atoms with E-state index in [-0.39, 0.29) is 0 Å². The molecule has 3 heteroatoms. The molecule has 0 radical (unpaired) electrons. The molecule has 0 aromatic heterocycles. The molecule has 0 bridgehead atoms. The summed E-state index contributed by atoms with van der Waals surface area (Å²) in [6, 6.07) is 0. The summed E-state index contributed by atoms with van der Waals surface area (Å²) in [5.74, 6) is 2.07. The third-order valence-corrected chi connectivity index (χ3v) is 5.36. The Morgan fingerprint density at radius 3 is 2.50 bits per heavy atom. The molecule has 1 heterocycles. The lowest BCUT2D eigenvalue weighted by molar-refractivity contribution is 0.318. The van der Waals surface area contributed by atoms with E-state index >= 15 is 0 Å². The van der Waals surface area contributed by atoms with Crippen LogP contribution in [0.3, 0.4) is 0 Å². The molecule has 1 N–H and O–H groups in total. The number of rotatable bonds is 7. The Kier molecular flexibility index (Phi) is 7.13. The van der Waals surface area contributed by atoms with Crippen molar-refractivity contribution >= 4 is 16.9 Å². The number of amidine groups is 1. The summed E-state index contributed by atoms with van der Waals surface area (Å²) in [6.45, 7) is 11.3. The zero-order chi connectivity index (χ0) is 13.4. The van der Waals surface area contributed by atoms with E-state index in [1.54, 1.807) is 0 Å². The minimum atomic E-state index is 0.466. The van der Waals surface area contributed by atoms with Crippen LogP contribution < -0.4 is 5.32 Å². The van der Waals surface area contributed by atoms with Crippen LogP contribution in [0, 0.1) is 11.3 Å². The smallest absolute Gasteiger partial charge is 0.156 e. The number of nitrogens with one attached hydrogen (secondary N) is 1. The second kappa shape index (κ2) is 8.08. The van der Waals surface area contributed by atoms with Gasteiger partial charge in [-0.05, 0) is 30.6 Å². The summed E-state index contributed by atoms with van der Waals surface area (Å²) in [4.78, 5) is 4.73. The van der Waals surface area contributed by atoms with Gasteiger partial charge in [0.25, 0.3) is 0 Å². The average Bonchev–Trinajstić information content (AvgIpc) is 2.39. The van der Waals surface area contributed by atoms with Gasteiger partial charge in [0.15, 0.2) is 5.17 Å². The third kappa shape index (κ3) is 5.21. The van der Waals surface area contributed by atoms with E-state index in [4.69, 9.17) is 4.99 Å². The summed E-state index contributed by atoms with van der Waals surface area (Å²) >= 11 is 1.92. The number of aliphatic imine (C=N–C) groups is 1. The molecule has 106 valence electrons. The van der Waals surface area contributed by atoms with Crippen molar-refractivity contribution in [3.8, 4) is 0 Å². The van der Waals surface area contributed by atoms with E-state index in [2.05, 4.69) is 33.0 Å². The molecule has 0 unspecified atom stereocenters. The fraction of sp³-hybridized carbons (Fsp3) is 0.933. The van der Waals surface area contributed by atoms with Crippen LogP contribution in [0.5, 0.6) is 0 Å². The third-order valence-electron chi connectivity index (χ3n) is 4.06. The monoisotopic (exact) mass is 270 g/mol. The average molecular weight is 270 g/mol. The predicted molar refractivity (Wildman–Crippen MR) is 84.5 cm³/mol. The van der Waals surface area contributed by atoms with Gasteiger partial charge in [-0.15, -0.1) is 0 Å². The van der Waals surface area contributed by atoms with E-state index in [9.17, 15) is 0 Å². The minimum Gasteiger partial charge on any atom is -0.365 e. The van der Waals surface area contributed by atoms with Gasteiger partial charge in [0.2, 0.25) is 0 Å². The van der Waals surface area contributed by atoms with Gasteiger partial charge in [0, 0.05) is 18.8 Å². The molecule has 1 aliphatic rings. The molecule has 1 aliphatic heterocycles. The molecule has 0 fully saturated rings. The first kappa shape index (κ1) is 15.9. The number of hydrogen-bond acceptors (Lipinski definition) is 3. The highest BCUT2D eigenvalue weighted by Crippen LogP contribution is 2.34. The standard InChI is InChI=1S/C15H30N2S/c1-5-15(6-2)11-17-14(18-12-15)16-10-8-7-9-13(3)4/h13H,5-12H2,1-4H3,(H,16,17). The molecule has 0 aliphatic carbocycles. The topological polar surface area (TPSA) is 24.4 Å².